The number of nitrogens with zero attached hydrogens (tertiary/aromatic N) is 1. The molecule has 2 rings (SSSR count). The second kappa shape index (κ2) is 6.74. The van der Waals surface area contributed by atoms with Gasteiger partial charge in [-0.2, -0.15) is 0 Å². The van der Waals surface area contributed by atoms with Gasteiger partial charge in [0.25, 0.3) is 0 Å². The Morgan fingerprint density at radius 3 is 2.52 bits per heavy atom. The molecule has 0 saturated carbocycles. The Hall–Kier alpha value is -2.56. The molecule has 0 aliphatic carbocycles. The number of ether oxygens (including phenoxy) is 1. The van der Waals surface area contributed by atoms with Gasteiger partial charge in [0.15, 0.2) is 5.75 Å². The highest BCUT2D eigenvalue weighted by atomic mass is 16.6. The molecule has 0 saturated heterocycles. The van der Waals surface area contributed by atoms with E-state index in [1.165, 1.54) is 6.07 Å². The van der Waals surface area contributed by atoms with Crippen LogP contribution in [-0.2, 0) is 6.54 Å². The van der Waals surface area contributed by atoms with Crippen LogP contribution in [0.1, 0.15) is 19.4 Å². The van der Waals surface area contributed by atoms with Crippen LogP contribution in [0.3, 0.4) is 0 Å². The van der Waals surface area contributed by atoms with Gasteiger partial charge in [-0.15, -0.1) is 0 Å². The summed E-state index contributed by atoms with van der Waals surface area (Å²) in [6.07, 6.45) is -0.118. The molecular weight excluding hydrogens is 268 g/mol. The van der Waals surface area contributed by atoms with Crippen LogP contribution in [0.5, 0.6) is 5.75 Å². The summed E-state index contributed by atoms with van der Waals surface area (Å²) in [4.78, 5) is 10.6. The minimum absolute atomic E-state index is 0.0195. The zero-order valence-electron chi connectivity index (χ0n) is 12.1. The van der Waals surface area contributed by atoms with Crippen molar-refractivity contribution in [2.24, 2.45) is 0 Å². The van der Waals surface area contributed by atoms with E-state index in [1.54, 1.807) is 12.1 Å². The molecule has 2 aromatic carbocycles. The van der Waals surface area contributed by atoms with Crippen LogP contribution in [0.2, 0.25) is 0 Å². The number of hydrogen-bond acceptors (Lipinski definition) is 4. The molecule has 2 aromatic rings. The van der Waals surface area contributed by atoms with Gasteiger partial charge in [-0.25, -0.2) is 0 Å². The van der Waals surface area contributed by atoms with E-state index in [4.69, 9.17) is 4.74 Å². The molecular formula is C16H18N2O3. The highest BCUT2D eigenvalue weighted by Crippen LogP contribution is 2.31. The van der Waals surface area contributed by atoms with Crippen molar-refractivity contribution in [3.05, 3.63) is 64.2 Å². The number of nitro benzene ring substituents is 1. The Morgan fingerprint density at radius 1 is 1.19 bits per heavy atom. The number of anilines is 1. The van der Waals surface area contributed by atoms with E-state index in [-0.39, 0.29) is 17.5 Å². The monoisotopic (exact) mass is 286 g/mol. The highest BCUT2D eigenvalue weighted by molar-refractivity contribution is 5.58. The van der Waals surface area contributed by atoms with E-state index >= 15 is 0 Å². The van der Waals surface area contributed by atoms with Gasteiger partial charge in [-0.1, -0.05) is 30.3 Å². The van der Waals surface area contributed by atoms with Crippen molar-refractivity contribution in [3.63, 3.8) is 0 Å². The van der Waals surface area contributed by atoms with Gasteiger partial charge in [-0.05, 0) is 25.5 Å². The third-order valence-electron chi connectivity index (χ3n) is 2.86. The van der Waals surface area contributed by atoms with Crippen molar-refractivity contribution >= 4 is 11.4 Å². The van der Waals surface area contributed by atoms with E-state index in [2.05, 4.69) is 5.32 Å². The minimum Gasteiger partial charge on any atom is -0.484 e. The summed E-state index contributed by atoms with van der Waals surface area (Å²) >= 11 is 0. The van der Waals surface area contributed by atoms with Crippen molar-refractivity contribution in [1.82, 2.24) is 0 Å². The fourth-order valence-electron chi connectivity index (χ4n) is 1.92. The van der Waals surface area contributed by atoms with Crippen LogP contribution in [0, 0.1) is 10.1 Å². The summed E-state index contributed by atoms with van der Waals surface area (Å²) in [6.45, 7) is 4.33. The van der Waals surface area contributed by atoms with Crippen LogP contribution in [0.4, 0.5) is 11.4 Å². The van der Waals surface area contributed by atoms with Gasteiger partial charge >= 0.3 is 5.69 Å². The summed E-state index contributed by atoms with van der Waals surface area (Å²) in [6, 6.07) is 14.8. The lowest BCUT2D eigenvalue weighted by Gasteiger charge is -2.12. The number of nitro groups is 1. The molecule has 110 valence electrons. The molecule has 0 radical (unpaired) electrons. The van der Waals surface area contributed by atoms with Crippen molar-refractivity contribution in [1.29, 1.82) is 0 Å². The zero-order chi connectivity index (χ0) is 15.2. The number of nitrogens with one attached hydrogen (secondary N) is 1. The summed E-state index contributed by atoms with van der Waals surface area (Å²) in [5.74, 6) is 0.285. The van der Waals surface area contributed by atoms with Crippen molar-refractivity contribution < 1.29 is 9.66 Å². The lowest BCUT2D eigenvalue weighted by molar-refractivity contribution is -0.386. The maximum atomic E-state index is 11.0. The normalized spacial score (nSPS) is 10.4. The predicted molar refractivity (Wildman–Crippen MR) is 82.6 cm³/mol. The molecule has 0 atom stereocenters. The van der Waals surface area contributed by atoms with Crippen LogP contribution < -0.4 is 10.1 Å². The standard InChI is InChI=1S/C16H18N2O3/c1-12(2)21-16-10-14(8-9-15(16)18(19)20)17-11-13-6-4-3-5-7-13/h3-10,12,17H,11H2,1-2H3. The van der Waals surface area contributed by atoms with Gasteiger partial charge in [0.1, 0.15) is 0 Å². The highest BCUT2D eigenvalue weighted by Gasteiger charge is 2.16. The van der Waals surface area contributed by atoms with Crippen LogP contribution in [0.15, 0.2) is 48.5 Å². The predicted octanol–water partition coefficient (Wildman–Crippen LogP) is 3.99. The van der Waals surface area contributed by atoms with Crippen molar-refractivity contribution in [2.45, 2.75) is 26.5 Å². The van der Waals surface area contributed by atoms with Crippen LogP contribution >= 0.6 is 0 Å². The van der Waals surface area contributed by atoms with E-state index in [0.717, 1.165) is 11.3 Å². The Bertz CT molecular complexity index is 612. The molecule has 5 heteroatoms. The molecule has 0 aliphatic rings. The molecule has 0 aromatic heterocycles. The first-order valence-electron chi connectivity index (χ1n) is 6.79. The molecule has 0 unspecified atom stereocenters. The summed E-state index contributed by atoms with van der Waals surface area (Å²) < 4.78 is 5.52. The van der Waals surface area contributed by atoms with E-state index in [9.17, 15) is 10.1 Å². The maximum absolute atomic E-state index is 11.0. The lowest BCUT2D eigenvalue weighted by Crippen LogP contribution is -2.08. The number of hydrogen-bond donors (Lipinski definition) is 1. The molecule has 5 nitrogen and oxygen atoms in total. The van der Waals surface area contributed by atoms with Crippen LogP contribution in [0.25, 0.3) is 0 Å². The average Bonchev–Trinajstić information content (AvgIpc) is 2.45. The van der Waals surface area contributed by atoms with E-state index in [1.807, 2.05) is 44.2 Å². The third-order valence-corrected chi connectivity index (χ3v) is 2.86. The molecule has 0 amide bonds. The van der Waals surface area contributed by atoms with Gasteiger partial charge in [-0.3, -0.25) is 10.1 Å². The quantitative estimate of drug-likeness (QED) is 0.644. The van der Waals surface area contributed by atoms with Gasteiger partial charge < -0.3 is 10.1 Å². The largest absolute Gasteiger partial charge is 0.484 e. The molecule has 21 heavy (non-hydrogen) atoms. The summed E-state index contributed by atoms with van der Waals surface area (Å²) in [5.41, 5.74) is 1.91. The second-order valence-corrected chi connectivity index (χ2v) is 4.95. The average molecular weight is 286 g/mol. The molecule has 0 spiro atoms. The Balaban J connectivity index is 2.15. The molecule has 0 heterocycles. The SMILES string of the molecule is CC(C)Oc1cc(NCc2ccccc2)ccc1[N+](=O)[O-]. The fraction of sp³-hybridized carbons (Fsp3) is 0.250. The summed E-state index contributed by atoms with van der Waals surface area (Å²) in [5, 5.41) is 14.2. The Labute approximate surface area is 123 Å². The minimum atomic E-state index is -0.432. The smallest absolute Gasteiger partial charge is 0.311 e. The maximum Gasteiger partial charge on any atom is 0.311 e. The van der Waals surface area contributed by atoms with Gasteiger partial charge in [0.05, 0.1) is 11.0 Å². The Morgan fingerprint density at radius 2 is 1.90 bits per heavy atom. The first-order valence-corrected chi connectivity index (χ1v) is 6.79. The van der Waals surface area contributed by atoms with E-state index < -0.39 is 4.92 Å². The van der Waals surface area contributed by atoms with Crippen LogP contribution in [-0.4, -0.2) is 11.0 Å². The first kappa shape index (κ1) is 14.8. The Kier molecular flexibility index (Phi) is 4.77. The molecule has 1 N–H and O–H groups in total. The van der Waals surface area contributed by atoms with Crippen molar-refractivity contribution in [3.8, 4) is 5.75 Å². The van der Waals surface area contributed by atoms with Gasteiger partial charge in [0, 0.05) is 24.4 Å². The van der Waals surface area contributed by atoms with E-state index in [0.29, 0.717) is 6.54 Å². The number of benzene rings is 2. The third kappa shape index (κ3) is 4.21. The fourth-order valence-corrected chi connectivity index (χ4v) is 1.92. The molecule has 0 bridgehead atoms. The molecule has 0 fully saturated rings. The lowest BCUT2D eigenvalue weighted by atomic mass is 10.2. The molecule has 0 aliphatic heterocycles. The van der Waals surface area contributed by atoms with Gasteiger partial charge in [0.2, 0.25) is 0 Å². The summed E-state index contributed by atoms with van der Waals surface area (Å²) in [7, 11) is 0. The zero-order valence-corrected chi connectivity index (χ0v) is 12.1. The van der Waals surface area contributed by atoms with Crippen molar-refractivity contribution in [2.75, 3.05) is 5.32 Å². The topological polar surface area (TPSA) is 64.4 Å². The number of rotatable bonds is 6. The second-order valence-electron chi connectivity index (χ2n) is 4.95. The first-order chi connectivity index (χ1) is 10.1.